The van der Waals surface area contributed by atoms with E-state index in [2.05, 4.69) is 48.6 Å². The van der Waals surface area contributed by atoms with Crippen LogP contribution in [-0.4, -0.2) is 27.2 Å². The lowest BCUT2D eigenvalue weighted by Gasteiger charge is -2.13. The van der Waals surface area contributed by atoms with Crippen LogP contribution in [0, 0.1) is 5.92 Å². The van der Waals surface area contributed by atoms with Gasteiger partial charge in [-0.05, 0) is 49.5 Å². The average Bonchev–Trinajstić information content (AvgIpc) is 2.71. The van der Waals surface area contributed by atoms with Gasteiger partial charge in [0.05, 0.1) is 0 Å². The Morgan fingerprint density at radius 1 is 1.27 bits per heavy atom. The van der Waals surface area contributed by atoms with Gasteiger partial charge in [-0.2, -0.15) is 0 Å². The van der Waals surface area contributed by atoms with Crippen molar-refractivity contribution in [3.8, 4) is 0 Å². The number of anilines is 1. The van der Waals surface area contributed by atoms with Crippen molar-refractivity contribution in [1.82, 2.24) is 5.32 Å². The number of nitrogens with zero attached hydrogens (tertiary/aromatic N) is 1. The molecule has 2 nitrogen and oxygen atoms in total. The molecular weight excluding hydrogens is 184 g/mol. The molecule has 1 heterocycles. The zero-order valence-corrected chi connectivity index (χ0v) is 9.66. The standard InChI is InChI=1S/C13H20N2/c1-15(2)13-5-3-11(4-6-13)9-12-7-8-14-10-12/h3-6,12,14H,7-10H2,1-2H3. The molecule has 0 amide bonds. The minimum absolute atomic E-state index is 0.843. The highest BCUT2D eigenvalue weighted by molar-refractivity contribution is 5.46. The highest BCUT2D eigenvalue weighted by Crippen LogP contribution is 2.18. The van der Waals surface area contributed by atoms with Gasteiger partial charge in [-0.25, -0.2) is 0 Å². The molecule has 0 aromatic heterocycles. The van der Waals surface area contributed by atoms with Crippen LogP contribution in [0.4, 0.5) is 5.69 Å². The summed E-state index contributed by atoms with van der Waals surface area (Å²) >= 11 is 0. The van der Waals surface area contributed by atoms with Crippen molar-refractivity contribution in [1.29, 1.82) is 0 Å². The van der Waals surface area contributed by atoms with E-state index in [1.165, 1.54) is 37.2 Å². The summed E-state index contributed by atoms with van der Waals surface area (Å²) in [5.41, 5.74) is 2.75. The fourth-order valence-corrected chi connectivity index (χ4v) is 2.15. The molecule has 15 heavy (non-hydrogen) atoms. The summed E-state index contributed by atoms with van der Waals surface area (Å²) in [6.07, 6.45) is 2.55. The minimum Gasteiger partial charge on any atom is -0.378 e. The van der Waals surface area contributed by atoms with Gasteiger partial charge in [-0.3, -0.25) is 0 Å². The number of rotatable bonds is 3. The molecule has 1 N–H and O–H groups in total. The van der Waals surface area contributed by atoms with Crippen molar-refractivity contribution in [2.75, 3.05) is 32.1 Å². The van der Waals surface area contributed by atoms with Crippen molar-refractivity contribution in [3.63, 3.8) is 0 Å². The molecule has 1 fully saturated rings. The van der Waals surface area contributed by atoms with E-state index in [1.807, 2.05) is 0 Å². The summed E-state index contributed by atoms with van der Waals surface area (Å²) in [6.45, 7) is 2.38. The number of nitrogens with one attached hydrogen (secondary N) is 1. The predicted molar refractivity (Wildman–Crippen MR) is 65.4 cm³/mol. The molecule has 1 atom stereocenters. The Labute approximate surface area is 92.3 Å². The fourth-order valence-electron chi connectivity index (χ4n) is 2.15. The zero-order chi connectivity index (χ0) is 10.7. The van der Waals surface area contributed by atoms with Crippen molar-refractivity contribution >= 4 is 5.69 Å². The largest absolute Gasteiger partial charge is 0.378 e. The van der Waals surface area contributed by atoms with Gasteiger partial charge in [0.25, 0.3) is 0 Å². The molecular formula is C13H20N2. The Kier molecular flexibility index (Phi) is 3.27. The average molecular weight is 204 g/mol. The Bertz CT molecular complexity index is 297. The van der Waals surface area contributed by atoms with Crippen LogP contribution in [0.25, 0.3) is 0 Å². The molecule has 82 valence electrons. The quantitative estimate of drug-likeness (QED) is 0.809. The van der Waals surface area contributed by atoms with Crippen LogP contribution >= 0.6 is 0 Å². The lowest BCUT2D eigenvalue weighted by molar-refractivity contribution is 0.580. The van der Waals surface area contributed by atoms with E-state index in [4.69, 9.17) is 0 Å². The summed E-state index contributed by atoms with van der Waals surface area (Å²) < 4.78 is 0. The maximum absolute atomic E-state index is 3.41. The summed E-state index contributed by atoms with van der Waals surface area (Å²) in [5.74, 6) is 0.843. The van der Waals surface area contributed by atoms with Gasteiger partial charge in [0.1, 0.15) is 0 Å². The van der Waals surface area contributed by atoms with E-state index in [-0.39, 0.29) is 0 Å². The minimum atomic E-state index is 0.843. The highest BCUT2D eigenvalue weighted by atomic mass is 15.1. The molecule has 2 heteroatoms. The molecule has 1 saturated heterocycles. The van der Waals surface area contributed by atoms with Crippen LogP contribution in [0.3, 0.4) is 0 Å². The molecule has 1 unspecified atom stereocenters. The van der Waals surface area contributed by atoms with Gasteiger partial charge in [0, 0.05) is 19.8 Å². The van der Waals surface area contributed by atoms with E-state index in [1.54, 1.807) is 0 Å². The molecule has 0 radical (unpaired) electrons. The van der Waals surface area contributed by atoms with E-state index in [0.29, 0.717) is 0 Å². The number of hydrogen-bond donors (Lipinski definition) is 1. The maximum Gasteiger partial charge on any atom is 0.0361 e. The first kappa shape index (κ1) is 10.5. The van der Waals surface area contributed by atoms with Crippen LogP contribution in [0.15, 0.2) is 24.3 Å². The molecule has 0 aliphatic carbocycles. The Balaban J connectivity index is 1.97. The van der Waals surface area contributed by atoms with Crippen molar-refractivity contribution < 1.29 is 0 Å². The molecule has 1 aliphatic rings. The van der Waals surface area contributed by atoms with Gasteiger partial charge in [-0.1, -0.05) is 12.1 Å². The van der Waals surface area contributed by atoms with Gasteiger partial charge >= 0.3 is 0 Å². The van der Waals surface area contributed by atoms with Gasteiger partial charge in [0.2, 0.25) is 0 Å². The second kappa shape index (κ2) is 4.67. The summed E-state index contributed by atoms with van der Waals surface area (Å²) in [7, 11) is 4.16. The van der Waals surface area contributed by atoms with E-state index >= 15 is 0 Å². The third kappa shape index (κ3) is 2.72. The SMILES string of the molecule is CN(C)c1ccc(CC2CCNC2)cc1. The van der Waals surface area contributed by atoms with Crippen LogP contribution in [0.1, 0.15) is 12.0 Å². The predicted octanol–water partition coefficient (Wildman–Crippen LogP) is 1.90. The van der Waals surface area contributed by atoms with E-state index in [0.717, 1.165) is 5.92 Å². The molecule has 0 spiro atoms. The molecule has 0 bridgehead atoms. The Hall–Kier alpha value is -1.02. The van der Waals surface area contributed by atoms with E-state index in [9.17, 15) is 0 Å². The topological polar surface area (TPSA) is 15.3 Å². The molecule has 0 saturated carbocycles. The molecule has 1 aromatic carbocycles. The molecule has 2 rings (SSSR count). The third-order valence-electron chi connectivity index (χ3n) is 3.14. The third-order valence-corrected chi connectivity index (χ3v) is 3.14. The number of hydrogen-bond acceptors (Lipinski definition) is 2. The van der Waals surface area contributed by atoms with Crippen LogP contribution < -0.4 is 10.2 Å². The number of benzene rings is 1. The van der Waals surface area contributed by atoms with Crippen LogP contribution in [0.2, 0.25) is 0 Å². The lowest BCUT2D eigenvalue weighted by atomic mass is 9.98. The first-order chi connectivity index (χ1) is 7.25. The monoisotopic (exact) mass is 204 g/mol. The molecule has 1 aromatic rings. The normalized spacial score (nSPS) is 20.5. The second-order valence-electron chi connectivity index (χ2n) is 4.62. The summed E-state index contributed by atoms with van der Waals surface area (Å²) in [4.78, 5) is 2.14. The van der Waals surface area contributed by atoms with Crippen molar-refractivity contribution in [2.24, 2.45) is 5.92 Å². The Morgan fingerprint density at radius 2 is 2.00 bits per heavy atom. The van der Waals surface area contributed by atoms with E-state index < -0.39 is 0 Å². The zero-order valence-electron chi connectivity index (χ0n) is 9.66. The summed E-state index contributed by atoms with van der Waals surface area (Å²) in [6, 6.07) is 8.93. The maximum atomic E-state index is 3.41. The van der Waals surface area contributed by atoms with Gasteiger partial charge in [-0.15, -0.1) is 0 Å². The smallest absolute Gasteiger partial charge is 0.0361 e. The summed E-state index contributed by atoms with van der Waals surface area (Å²) in [5, 5.41) is 3.41. The van der Waals surface area contributed by atoms with Crippen LogP contribution in [-0.2, 0) is 6.42 Å². The van der Waals surface area contributed by atoms with Crippen molar-refractivity contribution in [3.05, 3.63) is 29.8 Å². The first-order valence-corrected chi connectivity index (χ1v) is 5.72. The Morgan fingerprint density at radius 3 is 2.53 bits per heavy atom. The van der Waals surface area contributed by atoms with Gasteiger partial charge in [0.15, 0.2) is 0 Å². The first-order valence-electron chi connectivity index (χ1n) is 5.72. The fraction of sp³-hybridized carbons (Fsp3) is 0.538. The molecule has 1 aliphatic heterocycles. The lowest BCUT2D eigenvalue weighted by Crippen LogP contribution is -2.11. The van der Waals surface area contributed by atoms with Crippen molar-refractivity contribution in [2.45, 2.75) is 12.8 Å². The van der Waals surface area contributed by atoms with Gasteiger partial charge < -0.3 is 10.2 Å². The van der Waals surface area contributed by atoms with Crippen LogP contribution in [0.5, 0.6) is 0 Å². The highest BCUT2D eigenvalue weighted by Gasteiger charge is 2.14. The second-order valence-corrected chi connectivity index (χ2v) is 4.62.